The summed E-state index contributed by atoms with van der Waals surface area (Å²) in [6, 6.07) is 6.05. The van der Waals surface area contributed by atoms with E-state index >= 15 is 0 Å². The van der Waals surface area contributed by atoms with Crippen LogP contribution in [-0.2, 0) is 12.8 Å². The molecule has 1 saturated carbocycles. The van der Waals surface area contributed by atoms with Gasteiger partial charge < -0.3 is 5.32 Å². The monoisotopic (exact) mass is 311 g/mol. The molecule has 0 saturated heterocycles. The van der Waals surface area contributed by atoms with Crippen LogP contribution >= 0.6 is 0 Å². The number of hydrogen-bond donors (Lipinski definition) is 1. The molecule has 0 amide bonds. The fourth-order valence-corrected chi connectivity index (χ4v) is 3.72. The maximum Gasteiger partial charge on any atom is 0.266 e. The standard InChI is InChI=1S/C17H21N5O/c23-17-5-2-10-18-22(17)14-8-6-13(7-9-14)19-16-11-12-3-1-4-15(12)20-21-16/h2,5,10-11,13-14H,1,3-4,6-9H2,(H,19,21). The smallest absolute Gasteiger partial charge is 0.266 e. The largest absolute Gasteiger partial charge is 0.366 e. The van der Waals surface area contributed by atoms with Crippen LogP contribution in [0.2, 0.25) is 0 Å². The van der Waals surface area contributed by atoms with Crippen LogP contribution in [0.5, 0.6) is 0 Å². The van der Waals surface area contributed by atoms with Crippen molar-refractivity contribution in [2.75, 3.05) is 5.32 Å². The Morgan fingerprint density at radius 3 is 2.83 bits per heavy atom. The minimum Gasteiger partial charge on any atom is -0.366 e. The number of nitrogens with one attached hydrogen (secondary N) is 1. The van der Waals surface area contributed by atoms with Crippen LogP contribution in [0.4, 0.5) is 5.82 Å². The highest BCUT2D eigenvalue weighted by Crippen LogP contribution is 2.29. The highest BCUT2D eigenvalue weighted by Gasteiger charge is 2.24. The number of aryl methyl sites for hydroxylation is 2. The fraction of sp³-hybridized carbons (Fsp3) is 0.529. The van der Waals surface area contributed by atoms with Crippen molar-refractivity contribution in [3.05, 3.63) is 46.0 Å². The number of aromatic nitrogens is 4. The lowest BCUT2D eigenvalue weighted by molar-refractivity contribution is 0.303. The second-order valence-electron chi connectivity index (χ2n) is 6.51. The molecule has 1 fully saturated rings. The van der Waals surface area contributed by atoms with Gasteiger partial charge >= 0.3 is 0 Å². The first kappa shape index (κ1) is 14.4. The number of nitrogens with zero attached hydrogens (tertiary/aromatic N) is 4. The first-order valence-corrected chi connectivity index (χ1v) is 8.45. The van der Waals surface area contributed by atoms with Crippen molar-refractivity contribution in [3.8, 4) is 0 Å². The summed E-state index contributed by atoms with van der Waals surface area (Å²) in [5.41, 5.74) is 2.50. The molecule has 0 aliphatic heterocycles. The number of fused-ring (bicyclic) bond motifs is 1. The zero-order valence-corrected chi connectivity index (χ0v) is 13.1. The van der Waals surface area contributed by atoms with Gasteiger partial charge in [0.25, 0.3) is 5.56 Å². The second kappa shape index (κ2) is 6.10. The van der Waals surface area contributed by atoms with Gasteiger partial charge in [-0.05, 0) is 62.6 Å². The molecule has 0 aromatic carbocycles. The Morgan fingerprint density at radius 1 is 1.13 bits per heavy atom. The van der Waals surface area contributed by atoms with Gasteiger partial charge in [-0.15, -0.1) is 5.10 Å². The molecular formula is C17H21N5O. The van der Waals surface area contributed by atoms with Crippen molar-refractivity contribution in [3.63, 3.8) is 0 Å². The van der Waals surface area contributed by atoms with Crippen LogP contribution in [0.15, 0.2) is 29.2 Å². The predicted octanol–water partition coefficient (Wildman–Crippen LogP) is 2.12. The lowest BCUT2D eigenvalue weighted by Gasteiger charge is -2.29. The molecule has 2 aliphatic carbocycles. The lowest BCUT2D eigenvalue weighted by atomic mass is 9.91. The van der Waals surface area contributed by atoms with Crippen LogP contribution in [-0.4, -0.2) is 26.0 Å². The fourth-order valence-electron chi connectivity index (χ4n) is 3.72. The van der Waals surface area contributed by atoms with Crippen molar-refractivity contribution in [2.45, 2.75) is 57.0 Å². The summed E-state index contributed by atoms with van der Waals surface area (Å²) in [6.45, 7) is 0. The number of hydrogen-bond acceptors (Lipinski definition) is 5. The molecule has 120 valence electrons. The molecule has 0 spiro atoms. The Balaban J connectivity index is 1.38. The summed E-state index contributed by atoms with van der Waals surface area (Å²) in [5, 5.41) is 16.4. The molecule has 4 rings (SSSR count). The van der Waals surface area contributed by atoms with E-state index in [1.165, 1.54) is 12.0 Å². The average molecular weight is 311 g/mol. The summed E-state index contributed by atoms with van der Waals surface area (Å²) in [6.07, 6.45) is 9.03. The molecule has 2 heterocycles. The minimum atomic E-state index is -0.00611. The molecule has 6 nitrogen and oxygen atoms in total. The van der Waals surface area contributed by atoms with E-state index in [2.05, 4.69) is 26.7 Å². The molecule has 0 radical (unpaired) electrons. The Bertz CT molecular complexity index is 749. The zero-order chi connectivity index (χ0) is 15.6. The Hall–Kier alpha value is -2.24. The van der Waals surface area contributed by atoms with Crippen molar-refractivity contribution < 1.29 is 0 Å². The van der Waals surface area contributed by atoms with Gasteiger partial charge in [0.1, 0.15) is 5.82 Å². The van der Waals surface area contributed by atoms with E-state index in [1.54, 1.807) is 23.0 Å². The van der Waals surface area contributed by atoms with Crippen LogP contribution < -0.4 is 10.9 Å². The number of rotatable bonds is 3. The third kappa shape index (κ3) is 2.98. The molecule has 0 atom stereocenters. The van der Waals surface area contributed by atoms with Gasteiger partial charge in [-0.2, -0.15) is 10.2 Å². The Kier molecular flexibility index (Phi) is 3.81. The van der Waals surface area contributed by atoms with Crippen LogP contribution in [0.25, 0.3) is 0 Å². The van der Waals surface area contributed by atoms with E-state index in [0.717, 1.165) is 50.0 Å². The SMILES string of the molecule is O=c1cccnn1C1CCC(Nc2cc3c(nn2)CCC3)CC1. The van der Waals surface area contributed by atoms with Crippen molar-refractivity contribution >= 4 is 5.82 Å². The minimum absolute atomic E-state index is 0.00611. The molecule has 0 bridgehead atoms. The topological polar surface area (TPSA) is 72.7 Å². The Labute approximate surface area is 134 Å². The molecule has 2 aromatic rings. The highest BCUT2D eigenvalue weighted by atomic mass is 16.1. The van der Waals surface area contributed by atoms with Gasteiger partial charge in [-0.3, -0.25) is 4.79 Å². The maximum atomic E-state index is 11.9. The predicted molar refractivity (Wildman–Crippen MR) is 87.5 cm³/mol. The van der Waals surface area contributed by atoms with Gasteiger partial charge in [0, 0.05) is 18.3 Å². The van der Waals surface area contributed by atoms with E-state index in [-0.39, 0.29) is 11.6 Å². The van der Waals surface area contributed by atoms with Gasteiger partial charge in [0.2, 0.25) is 0 Å². The number of anilines is 1. The van der Waals surface area contributed by atoms with Gasteiger partial charge in [-0.1, -0.05) is 0 Å². The molecule has 0 unspecified atom stereocenters. The quantitative estimate of drug-likeness (QED) is 0.940. The van der Waals surface area contributed by atoms with E-state index in [9.17, 15) is 4.79 Å². The third-order valence-corrected chi connectivity index (χ3v) is 4.96. The van der Waals surface area contributed by atoms with Crippen molar-refractivity contribution in [2.24, 2.45) is 0 Å². The average Bonchev–Trinajstić information content (AvgIpc) is 3.04. The summed E-state index contributed by atoms with van der Waals surface area (Å²) >= 11 is 0. The summed E-state index contributed by atoms with van der Waals surface area (Å²) in [4.78, 5) is 11.9. The van der Waals surface area contributed by atoms with Crippen molar-refractivity contribution in [1.82, 2.24) is 20.0 Å². The second-order valence-corrected chi connectivity index (χ2v) is 6.51. The van der Waals surface area contributed by atoms with E-state index in [1.807, 2.05) is 0 Å². The van der Waals surface area contributed by atoms with E-state index in [4.69, 9.17) is 0 Å². The third-order valence-electron chi connectivity index (χ3n) is 4.96. The zero-order valence-electron chi connectivity index (χ0n) is 13.1. The molecule has 23 heavy (non-hydrogen) atoms. The lowest BCUT2D eigenvalue weighted by Crippen LogP contribution is -2.33. The van der Waals surface area contributed by atoms with Crippen molar-refractivity contribution in [1.29, 1.82) is 0 Å². The van der Waals surface area contributed by atoms with Crippen LogP contribution in [0.3, 0.4) is 0 Å². The van der Waals surface area contributed by atoms with Crippen LogP contribution in [0.1, 0.15) is 49.4 Å². The van der Waals surface area contributed by atoms with Gasteiger partial charge in [0.05, 0.1) is 11.7 Å². The molecule has 1 N–H and O–H groups in total. The first-order valence-electron chi connectivity index (χ1n) is 8.45. The molecular weight excluding hydrogens is 290 g/mol. The Morgan fingerprint density at radius 2 is 2.00 bits per heavy atom. The highest BCUT2D eigenvalue weighted by molar-refractivity contribution is 5.40. The van der Waals surface area contributed by atoms with E-state index in [0.29, 0.717) is 6.04 Å². The first-order chi connectivity index (χ1) is 11.3. The van der Waals surface area contributed by atoms with Gasteiger partial charge in [-0.25, -0.2) is 4.68 Å². The van der Waals surface area contributed by atoms with Gasteiger partial charge in [0.15, 0.2) is 0 Å². The summed E-state index contributed by atoms with van der Waals surface area (Å²) in [5.74, 6) is 0.893. The molecule has 2 aliphatic rings. The molecule has 6 heteroatoms. The molecule has 2 aromatic heterocycles. The summed E-state index contributed by atoms with van der Waals surface area (Å²) in [7, 11) is 0. The normalized spacial score (nSPS) is 23.5. The van der Waals surface area contributed by atoms with E-state index < -0.39 is 0 Å². The summed E-state index contributed by atoms with van der Waals surface area (Å²) < 4.78 is 1.63. The van der Waals surface area contributed by atoms with Crippen LogP contribution in [0, 0.1) is 0 Å². The maximum absolute atomic E-state index is 11.9.